The first-order valence-electron chi connectivity index (χ1n) is 5.24. The van der Waals surface area contributed by atoms with Gasteiger partial charge in [-0.25, -0.2) is 9.37 Å². The average molecular weight is 218 g/mol. The van der Waals surface area contributed by atoms with Gasteiger partial charge in [-0.3, -0.25) is 0 Å². The third-order valence-electron chi connectivity index (χ3n) is 2.66. The molecule has 0 amide bonds. The van der Waals surface area contributed by atoms with E-state index in [-0.39, 0.29) is 11.2 Å². The summed E-state index contributed by atoms with van der Waals surface area (Å²) < 4.78 is 13.3. The number of hydrogen-bond acceptors (Lipinski definition) is 2. The molecule has 84 valence electrons. The molecule has 2 nitrogen and oxygen atoms in total. The zero-order valence-electron chi connectivity index (χ0n) is 9.71. The summed E-state index contributed by atoms with van der Waals surface area (Å²) in [6, 6.07) is 7.29. The second kappa shape index (κ2) is 3.44. The summed E-state index contributed by atoms with van der Waals surface area (Å²) in [5, 5.41) is 0.791. The van der Waals surface area contributed by atoms with Gasteiger partial charge in [0.2, 0.25) is 0 Å². The predicted molar refractivity (Wildman–Crippen MR) is 64.8 cm³/mol. The lowest BCUT2D eigenvalue weighted by Gasteiger charge is -2.19. The van der Waals surface area contributed by atoms with Gasteiger partial charge in [-0.1, -0.05) is 26.8 Å². The highest BCUT2D eigenvalue weighted by molar-refractivity contribution is 5.81. The number of nitrogens with two attached hydrogens (primary N) is 1. The first kappa shape index (κ1) is 10.9. The molecule has 3 heteroatoms. The van der Waals surface area contributed by atoms with Gasteiger partial charge < -0.3 is 5.73 Å². The maximum Gasteiger partial charge on any atom is 0.165 e. The summed E-state index contributed by atoms with van der Waals surface area (Å²) in [7, 11) is 0. The van der Waals surface area contributed by atoms with E-state index in [1.165, 1.54) is 6.07 Å². The Morgan fingerprint density at radius 3 is 2.50 bits per heavy atom. The van der Waals surface area contributed by atoms with Gasteiger partial charge >= 0.3 is 0 Å². The van der Waals surface area contributed by atoms with Crippen molar-refractivity contribution >= 4 is 16.7 Å². The van der Waals surface area contributed by atoms with Gasteiger partial charge in [0.25, 0.3) is 0 Å². The van der Waals surface area contributed by atoms with Gasteiger partial charge in [-0.2, -0.15) is 0 Å². The van der Waals surface area contributed by atoms with Gasteiger partial charge in [0.15, 0.2) is 11.6 Å². The van der Waals surface area contributed by atoms with E-state index < -0.39 is 5.82 Å². The maximum absolute atomic E-state index is 13.3. The summed E-state index contributed by atoms with van der Waals surface area (Å²) in [5.41, 5.74) is 7.36. The minimum absolute atomic E-state index is 0.0454. The van der Waals surface area contributed by atoms with Crippen LogP contribution in [0, 0.1) is 5.82 Å². The average Bonchev–Trinajstić information content (AvgIpc) is 2.17. The molecule has 0 aliphatic carbocycles. The Balaban J connectivity index is 2.67. The zero-order valence-corrected chi connectivity index (χ0v) is 9.71. The number of pyridine rings is 1. The molecule has 0 aliphatic heterocycles. The highest BCUT2D eigenvalue weighted by Crippen LogP contribution is 2.26. The molecule has 0 radical (unpaired) electrons. The number of rotatable bonds is 0. The highest BCUT2D eigenvalue weighted by atomic mass is 19.1. The lowest BCUT2D eigenvalue weighted by Crippen LogP contribution is -2.10. The van der Waals surface area contributed by atoms with E-state index >= 15 is 0 Å². The second-order valence-electron chi connectivity index (χ2n) is 5.01. The SMILES string of the molecule is CC(C)(C)c1ccc2nc(N)c(F)cc2c1. The molecule has 1 aromatic heterocycles. The lowest BCUT2D eigenvalue weighted by atomic mass is 9.86. The van der Waals surface area contributed by atoms with E-state index in [1.807, 2.05) is 18.2 Å². The van der Waals surface area contributed by atoms with Gasteiger partial charge in [0.05, 0.1) is 5.52 Å². The van der Waals surface area contributed by atoms with Crippen molar-refractivity contribution in [2.24, 2.45) is 0 Å². The standard InChI is InChI=1S/C13H15FN2/c1-13(2,3)9-4-5-11-8(6-9)7-10(14)12(15)16-11/h4-7H,1-3H3,(H2,15,16). The van der Waals surface area contributed by atoms with Crippen LogP contribution >= 0.6 is 0 Å². The molecule has 2 N–H and O–H groups in total. The van der Waals surface area contributed by atoms with Crippen molar-refractivity contribution in [3.8, 4) is 0 Å². The molecule has 0 atom stereocenters. The van der Waals surface area contributed by atoms with Crippen molar-refractivity contribution in [1.82, 2.24) is 4.98 Å². The fourth-order valence-electron chi connectivity index (χ4n) is 1.63. The minimum atomic E-state index is -0.460. The van der Waals surface area contributed by atoms with Crippen molar-refractivity contribution in [3.63, 3.8) is 0 Å². The van der Waals surface area contributed by atoms with Crippen molar-refractivity contribution in [2.45, 2.75) is 26.2 Å². The van der Waals surface area contributed by atoms with Crippen LogP contribution in [0.3, 0.4) is 0 Å². The first-order chi connectivity index (χ1) is 7.38. The molecule has 16 heavy (non-hydrogen) atoms. The molecule has 0 fully saturated rings. The fourth-order valence-corrected chi connectivity index (χ4v) is 1.63. The Morgan fingerprint density at radius 1 is 1.19 bits per heavy atom. The molecule has 2 rings (SSSR count). The molecule has 1 heterocycles. The van der Waals surface area contributed by atoms with Crippen LogP contribution < -0.4 is 5.73 Å². The van der Waals surface area contributed by atoms with Crippen LogP contribution in [0.2, 0.25) is 0 Å². The number of aromatic nitrogens is 1. The Kier molecular flexibility index (Phi) is 2.34. The molecule has 2 aromatic rings. The van der Waals surface area contributed by atoms with E-state index in [0.29, 0.717) is 0 Å². The Hall–Kier alpha value is -1.64. The lowest BCUT2D eigenvalue weighted by molar-refractivity contribution is 0.591. The smallest absolute Gasteiger partial charge is 0.165 e. The van der Waals surface area contributed by atoms with Gasteiger partial charge in [-0.05, 0) is 29.2 Å². The Bertz CT molecular complexity index is 541. The van der Waals surface area contributed by atoms with E-state index in [1.54, 1.807) is 0 Å². The van der Waals surface area contributed by atoms with E-state index in [9.17, 15) is 4.39 Å². The quantitative estimate of drug-likeness (QED) is 0.737. The summed E-state index contributed by atoms with van der Waals surface area (Å²) in [5.74, 6) is -0.505. The van der Waals surface area contributed by atoms with Crippen molar-refractivity contribution in [2.75, 3.05) is 5.73 Å². The number of halogens is 1. The van der Waals surface area contributed by atoms with Crippen LogP contribution in [0.4, 0.5) is 10.2 Å². The van der Waals surface area contributed by atoms with Crippen LogP contribution in [-0.4, -0.2) is 4.98 Å². The molecular weight excluding hydrogens is 203 g/mol. The largest absolute Gasteiger partial charge is 0.381 e. The highest BCUT2D eigenvalue weighted by Gasteiger charge is 2.14. The topological polar surface area (TPSA) is 38.9 Å². The van der Waals surface area contributed by atoms with Crippen LogP contribution in [0.1, 0.15) is 26.3 Å². The Morgan fingerprint density at radius 2 is 1.88 bits per heavy atom. The number of nitrogens with zero attached hydrogens (tertiary/aromatic N) is 1. The van der Waals surface area contributed by atoms with Crippen LogP contribution in [0.25, 0.3) is 10.9 Å². The molecular formula is C13H15FN2. The molecule has 0 aliphatic rings. The number of benzene rings is 1. The van der Waals surface area contributed by atoms with E-state index in [0.717, 1.165) is 16.5 Å². The van der Waals surface area contributed by atoms with Gasteiger partial charge in [0.1, 0.15) is 0 Å². The number of anilines is 1. The van der Waals surface area contributed by atoms with Crippen LogP contribution in [0.15, 0.2) is 24.3 Å². The number of fused-ring (bicyclic) bond motifs is 1. The summed E-state index contributed by atoms with van der Waals surface area (Å²) >= 11 is 0. The molecule has 1 aromatic carbocycles. The second-order valence-corrected chi connectivity index (χ2v) is 5.01. The normalized spacial score (nSPS) is 12.0. The summed E-state index contributed by atoms with van der Waals surface area (Å²) in [6.07, 6.45) is 0. The summed E-state index contributed by atoms with van der Waals surface area (Å²) in [4.78, 5) is 4.00. The maximum atomic E-state index is 13.3. The number of nitrogen functional groups attached to an aromatic ring is 1. The third kappa shape index (κ3) is 1.85. The minimum Gasteiger partial charge on any atom is -0.381 e. The van der Waals surface area contributed by atoms with Crippen molar-refractivity contribution < 1.29 is 4.39 Å². The molecule has 0 saturated heterocycles. The van der Waals surface area contributed by atoms with Crippen LogP contribution in [-0.2, 0) is 5.41 Å². The van der Waals surface area contributed by atoms with Gasteiger partial charge in [-0.15, -0.1) is 0 Å². The van der Waals surface area contributed by atoms with E-state index in [2.05, 4.69) is 25.8 Å². The van der Waals surface area contributed by atoms with Gasteiger partial charge in [0, 0.05) is 5.39 Å². The Labute approximate surface area is 94.3 Å². The molecule has 0 saturated carbocycles. The van der Waals surface area contributed by atoms with E-state index in [4.69, 9.17) is 5.73 Å². The number of hydrogen-bond donors (Lipinski definition) is 1. The molecule has 0 unspecified atom stereocenters. The molecule has 0 bridgehead atoms. The zero-order chi connectivity index (χ0) is 11.9. The third-order valence-corrected chi connectivity index (χ3v) is 2.66. The van der Waals surface area contributed by atoms with Crippen molar-refractivity contribution in [1.29, 1.82) is 0 Å². The predicted octanol–water partition coefficient (Wildman–Crippen LogP) is 3.25. The fraction of sp³-hybridized carbons (Fsp3) is 0.308. The van der Waals surface area contributed by atoms with Crippen molar-refractivity contribution in [3.05, 3.63) is 35.6 Å². The monoisotopic (exact) mass is 218 g/mol. The van der Waals surface area contributed by atoms with Crippen LogP contribution in [0.5, 0.6) is 0 Å². The molecule has 0 spiro atoms. The summed E-state index contributed by atoms with van der Waals surface area (Å²) in [6.45, 7) is 6.36. The first-order valence-corrected chi connectivity index (χ1v) is 5.24.